The number of nitrogens with one attached hydrogen (secondary N) is 1. The Hall–Kier alpha value is -2.45. The van der Waals surface area contributed by atoms with E-state index in [-0.39, 0.29) is 17.1 Å². The summed E-state index contributed by atoms with van der Waals surface area (Å²) in [6, 6.07) is 8.41. The van der Waals surface area contributed by atoms with Crippen molar-refractivity contribution in [2.75, 3.05) is 0 Å². The molecule has 8 heteroatoms. The number of hydrogen-bond donors (Lipinski definition) is 3. The zero-order chi connectivity index (χ0) is 17.0. The lowest BCUT2D eigenvalue weighted by Gasteiger charge is -2.15. The van der Waals surface area contributed by atoms with Gasteiger partial charge in [-0.05, 0) is 48.4 Å². The van der Waals surface area contributed by atoms with Gasteiger partial charge in [-0.25, -0.2) is 12.8 Å². The molecule has 23 heavy (non-hydrogen) atoms. The van der Waals surface area contributed by atoms with Gasteiger partial charge < -0.3 is 10.2 Å². The second kappa shape index (κ2) is 6.76. The van der Waals surface area contributed by atoms with Crippen molar-refractivity contribution in [2.24, 2.45) is 0 Å². The second-order valence-electron chi connectivity index (χ2n) is 4.84. The van der Waals surface area contributed by atoms with Crippen molar-refractivity contribution in [3.8, 4) is 5.75 Å². The van der Waals surface area contributed by atoms with E-state index in [1.807, 2.05) is 0 Å². The highest BCUT2D eigenvalue weighted by Gasteiger charge is 2.25. The van der Waals surface area contributed by atoms with Crippen LogP contribution in [0.3, 0.4) is 0 Å². The van der Waals surface area contributed by atoms with Gasteiger partial charge in [-0.3, -0.25) is 4.79 Å². The van der Waals surface area contributed by atoms with Crippen LogP contribution in [0.1, 0.15) is 5.56 Å². The van der Waals surface area contributed by atoms with E-state index in [2.05, 4.69) is 4.72 Å². The Morgan fingerprint density at radius 1 is 1.09 bits per heavy atom. The molecule has 6 nitrogen and oxygen atoms in total. The van der Waals surface area contributed by atoms with Crippen LogP contribution in [0.4, 0.5) is 4.39 Å². The van der Waals surface area contributed by atoms with Crippen molar-refractivity contribution in [1.82, 2.24) is 4.72 Å². The molecule has 0 radical (unpaired) electrons. The summed E-state index contributed by atoms with van der Waals surface area (Å²) in [5, 5.41) is 18.4. The van der Waals surface area contributed by atoms with Gasteiger partial charge in [0.05, 0.1) is 4.90 Å². The summed E-state index contributed by atoms with van der Waals surface area (Å²) in [6.07, 6.45) is -0.101. The SMILES string of the molecule is O=C(O)[C@@H](Cc1ccc(O)cc1)NS(=O)(=O)c1ccc(F)cc1. The molecule has 1 atom stereocenters. The van der Waals surface area contributed by atoms with E-state index < -0.39 is 27.9 Å². The summed E-state index contributed by atoms with van der Waals surface area (Å²) in [4.78, 5) is 11.1. The highest BCUT2D eigenvalue weighted by atomic mass is 32.2. The first-order chi connectivity index (χ1) is 10.8. The summed E-state index contributed by atoms with van der Waals surface area (Å²) in [7, 11) is -4.10. The van der Waals surface area contributed by atoms with Crippen molar-refractivity contribution < 1.29 is 27.8 Å². The molecule has 0 heterocycles. The molecule has 0 amide bonds. The predicted octanol–water partition coefficient (Wildman–Crippen LogP) is 1.51. The standard InChI is InChI=1S/C15H14FNO5S/c16-11-3-7-13(8-4-11)23(21,22)17-14(15(19)20)9-10-1-5-12(18)6-2-10/h1-8,14,17-18H,9H2,(H,19,20)/t14-/m1/s1. The lowest BCUT2D eigenvalue weighted by molar-refractivity contribution is -0.138. The normalized spacial score (nSPS) is 12.7. The minimum Gasteiger partial charge on any atom is -0.508 e. The van der Waals surface area contributed by atoms with E-state index in [0.717, 1.165) is 24.3 Å². The fourth-order valence-corrected chi connectivity index (χ4v) is 3.11. The number of carboxylic acid groups (broad SMARTS) is 1. The van der Waals surface area contributed by atoms with Crippen molar-refractivity contribution in [3.05, 3.63) is 59.9 Å². The molecular formula is C15H14FNO5S. The monoisotopic (exact) mass is 339 g/mol. The van der Waals surface area contributed by atoms with Gasteiger partial charge in [-0.1, -0.05) is 12.1 Å². The molecule has 0 spiro atoms. The Kier molecular flexibility index (Phi) is 4.97. The molecule has 122 valence electrons. The smallest absolute Gasteiger partial charge is 0.322 e. The zero-order valence-corrected chi connectivity index (χ0v) is 12.6. The Morgan fingerprint density at radius 3 is 2.17 bits per heavy atom. The Morgan fingerprint density at radius 2 is 1.65 bits per heavy atom. The van der Waals surface area contributed by atoms with E-state index in [9.17, 15) is 27.8 Å². The number of benzene rings is 2. The molecule has 0 unspecified atom stereocenters. The largest absolute Gasteiger partial charge is 0.508 e. The van der Waals surface area contributed by atoms with Crippen LogP contribution in [0.25, 0.3) is 0 Å². The molecule has 0 saturated heterocycles. The van der Waals surface area contributed by atoms with Crippen molar-refractivity contribution in [1.29, 1.82) is 0 Å². The number of rotatable bonds is 6. The van der Waals surface area contributed by atoms with Crippen LogP contribution in [0.15, 0.2) is 53.4 Å². The molecule has 2 aromatic rings. The number of sulfonamides is 1. The van der Waals surface area contributed by atoms with Gasteiger partial charge in [0, 0.05) is 0 Å². The number of phenols is 1. The summed E-state index contributed by atoms with van der Waals surface area (Å²) in [5.74, 6) is -1.92. The predicted molar refractivity (Wildman–Crippen MR) is 80.0 cm³/mol. The average Bonchev–Trinajstić information content (AvgIpc) is 2.49. The third-order valence-electron chi connectivity index (χ3n) is 3.10. The minimum atomic E-state index is -4.10. The first kappa shape index (κ1) is 16.9. The molecule has 2 aromatic carbocycles. The van der Waals surface area contributed by atoms with Crippen LogP contribution < -0.4 is 4.72 Å². The van der Waals surface area contributed by atoms with Crippen molar-refractivity contribution in [3.63, 3.8) is 0 Å². The van der Waals surface area contributed by atoms with Crippen LogP contribution >= 0.6 is 0 Å². The Labute approximate surface area is 132 Å². The molecule has 0 fully saturated rings. The lowest BCUT2D eigenvalue weighted by Crippen LogP contribution is -2.42. The number of hydrogen-bond acceptors (Lipinski definition) is 4. The molecule has 0 saturated carbocycles. The Bertz CT molecular complexity index is 788. The fraction of sp³-hybridized carbons (Fsp3) is 0.133. The lowest BCUT2D eigenvalue weighted by atomic mass is 10.1. The highest BCUT2D eigenvalue weighted by Crippen LogP contribution is 2.14. The molecule has 2 rings (SSSR count). The van der Waals surface area contributed by atoms with Gasteiger partial charge in [0.2, 0.25) is 10.0 Å². The minimum absolute atomic E-state index is 0.0208. The molecule has 0 aliphatic carbocycles. The van der Waals surface area contributed by atoms with Crippen LogP contribution in [-0.2, 0) is 21.2 Å². The molecule has 0 aliphatic rings. The molecule has 3 N–H and O–H groups in total. The van der Waals surface area contributed by atoms with E-state index in [1.54, 1.807) is 0 Å². The van der Waals surface area contributed by atoms with Gasteiger partial charge >= 0.3 is 5.97 Å². The first-order valence-electron chi connectivity index (χ1n) is 6.56. The van der Waals surface area contributed by atoms with Gasteiger partial charge in [0.25, 0.3) is 0 Å². The topological polar surface area (TPSA) is 104 Å². The van der Waals surface area contributed by atoms with Gasteiger partial charge in [-0.2, -0.15) is 4.72 Å². The zero-order valence-electron chi connectivity index (χ0n) is 11.8. The number of carbonyl (C=O) groups is 1. The second-order valence-corrected chi connectivity index (χ2v) is 6.55. The molecular weight excluding hydrogens is 325 g/mol. The van der Waals surface area contributed by atoms with Gasteiger partial charge in [0.15, 0.2) is 0 Å². The number of carboxylic acids is 1. The molecule has 0 bridgehead atoms. The number of aromatic hydroxyl groups is 1. The van der Waals surface area contributed by atoms with Crippen LogP contribution in [0.5, 0.6) is 5.75 Å². The quantitative estimate of drug-likeness (QED) is 0.740. The average molecular weight is 339 g/mol. The summed E-state index contributed by atoms with van der Waals surface area (Å²) >= 11 is 0. The molecule has 0 aromatic heterocycles. The number of aliphatic carboxylic acids is 1. The third kappa shape index (κ3) is 4.51. The fourth-order valence-electron chi connectivity index (χ4n) is 1.92. The van der Waals surface area contributed by atoms with Crippen LogP contribution in [-0.4, -0.2) is 30.6 Å². The maximum Gasteiger partial charge on any atom is 0.322 e. The summed E-state index contributed by atoms with van der Waals surface area (Å²) in [6.45, 7) is 0. The number of halogens is 1. The summed E-state index contributed by atoms with van der Waals surface area (Å²) in [5.41, 5.74) is 0.539. The summed E-state index contributed by atoms with van der Waals surface area (Å²) < 4.78 is 39.3. The van der Waals surface area contributed by atoms with E-state index in [1.165, 1.54) is 24.3 Å². The van der Waals surface area contributed by atoms with E-state index >= 15 is 0 Å². The van der Waals surface area contributed by atoms with Crippen molar-refractivity contribution >= 4 is 16.0 Å². The van der Waals surface area contributed by atoms with E-state index in [4.69, 9.17) is 0 Å². The van der Waals surface area contributed by atoms with E-state index in [0.29, 0.717) is 5.56 Å². The Balaban J connectivity index is 2.20. The first-order valence-corrected chi connectivity index (χ1v) is 8.05. The maximum absolute atomic E-state index is 12.9. The van der Waals surface area contributed by atoms with Crippen LogP contribution in [0.2, 0.25) is 0 Å². The number of phenolic OH excluding ortho intramolecular Hbond substituents is 1. The van der Waals surface area contributed by atoms with Gasteiger partial charge in [-0.15, -0.1) is 0 Å². The third-order valence-corrected chi connectivity index (χ3v) is 4.58. The van der Waals surface area contributed by atoms with Gasteiger partial charge in [0.1, 0.15) is 17.6 Å². The van der Waals surface area contributed by atoms with Crippen molar-refractivity contribution in [2.45, 2.75) is 17.4 Å². The van der Waals surface area contributed by atoms with Crippen LogP contribution in [0, 0.1) is 5.82 Å². The molecule has 0 aliphatic heterocycles. The maximum atomic E-state index is 12.9. The highest BCUT2D eigenvalue weighted by molar-refractivity contribution is 7.89.